The standard InChI is InChI=1S/C18H31Cl2P.2ClH.Ru/c19-18(20)13-11-17(12-14-18)21(15-7-3-1-4-8-15)16-9-5-2-6-10-16;;;/h15-17H,1-14H2;2*1H;/q;;;+2/p-2. The van der Waals surface area contributed by atoms with Gasteiger partial charge in [-0.2, -0.15) is 0 Å². The number of hydrogen-bond acceptors (Lipinski definition) is 0. The average Bonchev–Trinajstić information content (AvgIpc) is 2.59. The molecule has 0 atom stereocenters. The third kappa shape index (κ3) is 7.32. The topological polar surface area (TPSA) is 0 Å². The van der Waals surface area contributed by atoms with Crippen LogP contribution in [0.2, 0.25) is 0 Å². The van der Waals surface area contributed by atoms with Crippen LogP contribution in [0.1, 0.15) is 89.9 Å². The molecule has 0 aromatic rings. The zero-order valence-corrected chi connectivity index (χ0v) is 20.1. The Bertz CT molecular complexity index is 316. The number of alkyl halides is 2. The van der Waals surface area contributed by atoms with Gasteiger partial charge in [-0.3, -0.25) is 0 Å². The Labute approximate surface area is 175 Å². The second-order valence-electron chi connectivity index (χ2n) is 7.67. The van der Waals surface area contributed by atoms with E-state index in [0.29, 0.717) is 0 Å². The van der Waals surface area contributed by atoms with Gasteiger partial charge in [0.1, 0.15) is 4.33 Å². The number of rotatable bonds is 3. The molecule has 0 aliphatic heterocycles. The summed E-state index contributed by atoms with van der Waals surface area (Å²) in [6, 6.07) is 0. The summed E-state index contributed by atoms with van der Waals surface area (Å²) < 4.78 is -0.406. The Balaban J connectivity index is 0.000000647. The van der Waals surface area contributed by atoms with Crippen LogP contribution >= 0.6 is 50.5 Å². The van der Waals surface area contributed by atoms with E-state index in [2.05, 4.69) is 0 Å². The van der Waals surface area contributed by atoms with E-state index >= 15 is 0 Å². The molecule has 0 aromatic heterocycles. The summed E-state index contributed by atoms with van der Waals surface area (Å²) in [4.78, 5) is 0. The maximum atomic E-state index is 6.39. The van der Waals surface area contributed by atoms with Gasteiger partial charge in [-0.25, -0.2) is 0 Å². The normalized spacial score (nSPS) is 27.0. The van der Waals surface area contributed by atoms with Crippen LogP contribution in [-0.2, 0) is 15.1 Å². The van der Waals surface area contributed by atoms with Gasteiger partial charge in [-0.05, 0) is 68.3 Å². The summed E-state index contributed by atoms with van der Waals surface area (Å²) in [6.07, 6.45) is 19.8. The van der Waals surface area contributed by atoms with Crippen LogP contribution in [0.3, 0.4) is 0 Å². The van der Waals surface area contributed by atoms with Gasteiger partial charge in [-0.15, -0.1) is 23.2 Å². The summed E-state index contributed by atoms with van der Waals surface area (Å²) in [7, 11) is 9.93. The average molecular weight is 521 g/mol. The molecule has 3 saturated carbocycles. The quantitative estimate of drug-likeness (QED) is 0.198. The van der Waals surface area contributed by atoms with Crippen LogP contribution in [-0.4, -0.2) is 21.3 Å². The number of hydrogen-bond donors (Lipinski definition) is 0. The first kappa shape index (κ1) is 22.5. The SMILES string of the molecule is ClC1(Cl)CCC(P(C2CCCCC2)C2CCCCC2)CC1.[Cl][Ru][Cl]. The first-order valence-electron chi connectivity index (χ1n) is 9.58. The first-order valence-corrected chi connectivity index (χ1v) is 16.4. The number of halogens is 4. The molecule has 144 valence electrons. The van der Waals surface area contributed by atoms with E-state index < -0.39 is 4.33 Å². The summed E-state index contributed by atoms with van der Waals surface area (Å²) in [6.45, 7) is 0. The van der Waals surface area contributed by atoms with Crippen LogP contribution in [0.15, 0.2) is 0 Å². The molecular formula is C18H31Cl4PRu. The monoisotopic (exact) mass is 520 g/mol. The predicted molar refractivity (Wildman–Crippen MR) is 109 cm³/mol. The maximum absolute atomic E-state index is 6.39. The third-order valence-electron chi connectivity index (χ3n) is 6.10. The third-order valence-corrected chi connectivity index (χ3v) is 10.9. The molecule has 0 unspecified atom stereocenters. The minimum absolute atomic E-state index is 0.226. The van der Waals surface area contributed by atoms with Crippen molar-refractivity contribution in [1.82, 2.24) is 0 Å². The molecule has 3 aliphatic carbocycles. The summed E-state index contributed by atoms with van der Waals surface area (Å²) >= 11 is 12.4. The summed E-state index contributed by atoms with van der Waals surface area (Å²) in [5.41, 5.74) is 3.15. The van der Waals surface area contributed by atoms with Crippen LogP contribution in [0, 0.1) is 0 Å². The van der Waals surface area contributed by atoms with Crippen LogP contribution in [0.5, 0.6) is 0 Å². The van der Waals surface area contributed by atoms with Crippen molar-refractivity contribution >= 4 is 50.5 Å². The van der Waals surface area contributed by atoms with Crippen LogP contribution in [0.4, 0.5) is 0 Å². The van der Waals surface area contributed by atoms with Crippen LogP contribution in [0.25, 0.3) is 0 Å². The van der Waals surface area contributed by atoms with Crippen molar-refractivity contribution in [3.8, 4) is 0 Å². The molecule has 3 fully saturated rings. The second kappa shape index (κ2) is 11.9. The molecule has 0 bridgehead atoms. The molecule has 0 amide bonds. The molecule has 0 heterocycles. The Morgan fingerprint density at radius 3 is 1.33 bits per heavy atom. The van der Waals surface area contributed by atoms with Gasteiger partial charge >= 0.3 is 34.5 Å². The van der Waals surface area contributed by atoms with E-state index in [1.807, 2.05) is 0 Å². The van der Waals surface area contributed by atoms with E-state index in [1.165, 1.54) is 77.0 Å². The first-order chi connectivity index (χ1) is 11.6. The molecular weight excluding hydrogens is 490 g/mol. The van der Waals surface area contributed by atoms with Gasteiger partial charge in [0.05, 0.1) is 0 Å². The summed E-state index contributed by atoms with van der Waals surface area (Å²) in [5.74, 6) is 0. The van der Waals surface area contributed by atoms with Crippen LogP contribution < -0.4 is 0 Å². The van der Waals surface area contributed by atoms with Crippen molar-refractivity contribution in [2.75, 3.05) is 0 Å². The molecule has 0 spiro atoms. The van der Waals surface area contributed by atoms with Gasteiger partial charge in [0, 0.05) is 0 Å². The fourth-order valence-electron chi connectivity index (χ4n) is 4.98. The molecule has 0 radical (unpaired) electrons. The molecule has 3 rings (SSSR count). The Hall–Kier alpha value is 2.21. The molecule has 24 heavy (non-hydrogen) atoms. The van der Waals surface area contributed by atoms with E-state index in [0.717, 1.165) is 29.8 Å². The molecule has 0 aromatic carbocycles. The van der Waals surface area contributed by atoms with Crippen molar-refractivity contribution < 1.29 is 15.1 Å². The van der Waals surface area contributed by atoms with Crippen molar-refractivity contribution in [3.63, 3.8) is 0 Å². The Morgan fingerprint density at radius 1 is 0.625 bits per heavy atom. The molecule has 6 heteroatoms. The minimum atomic E-state index is -0.406. The van der Waals surface area contributed by atoms with Gasteiger partial charge in [0.15, 0.2) is 0 Å². The van der Waals surface area contributed by atoms with E-state index in [4.69, 9.17) is 42.6 Å². The molecule has 0 nitrogen and oxygen atoms in total. The van der Waals surface area contributed by atoms with Crippen molar-refractivity contribution in [3.05, 3.63) is 0 Å². The van der Waals surface area contributed by atoms with Crippen molar-refractivity contribution in [1.29, 1.82) is 0 Å². The van der Waals surface area contributed by atoms with E-state index in [1.54, 1.807) is 0 Å². The van der Waals surface area contributed by atoms with Gasteiger partial charge in [-0.1, -0.05) is 46.4 Å². The van der Waals surface area contributed by atoms with Gasteiger partial charge < -0.3 is 0 Å². The van der Waals surface area contributed by atoms with Gasteiger partial charge in [0.2, 0.25) is 0 Å². The summed E-state index contributed by atoms with van der Waals surface area (Å²) in [5, 5.41) is 0. The van der Waals surface area contributed by atoms with Crippen molar-refractivity contribution in [2.24, 2.45) is 0 Å². The molecule has 0 saturated heterocycles. The second-order valence-corrected chi connectivity index (χ2v) is 15.0. The fraction of sp³-hybridized carbons (Fsp3) is 1.00. The molecule has 0 N–H and O–H groups in total. The zero-order valence-electron chi connectivity index (χ0n) is 14.4. The van der Waals surface area contributed by atoms with E-state index in [-0.39, 0.29) is 23.1 Å². The Morgan fingerprint density at radius 2 is 0.958 bits per heavy atom. The fourth-order valence-corrected chi connectivity index (χ4v) is 9.98. The van der Waals surface area contributed by atoms with Crippen molar-refractivity contribution in [2.45, 2.75) is 111 Å². The van der Waals surface area contributed by atoms with E-state index in [9.17, 15) is 0 Å². The predicted octanol–water partition coefficient (Wildman–Crippen LogP) is 8.63. The zero-order chi connectivity index (χ0) is 17.4. The molecule has 3 aliphatic rings. The van der Waals surface area contributed by atoms with Gasteiger partial charge in [0.25, 0.3) is 0 Å². The Kier molecular flexibility index (Phi) is 11.2.